The first-order valence-corrected chi connectivity index (χ1v) is 9.63. The summed E-state index contributed by atoms with van der Waals surface area (Å²) in [6, 6.07) is 7.47. The minimum atomic E-state index is -0.0645. The number of hydrogen-bond donors (Lipinski definition) is 1. The topological polar surface area (TPSA) is 42.7 Å². The molecule has 4 nitrogen and oxygen atoms in total. The Hall–Kier alpha value is -1.75. The first kappa shape index (κ1) is 16.7. The zero-order chi connectivity index (χ0) is 17.1. The molecule has 0 spiro atoms. The predicted octanol–water partition coefficient (Wildman–Crippen LogP) is 3.96. The Kier molecular flexibility index (Phi) is 5.11. The van der Waals surface area contributed by atoms with Crippen LogP contribution in [0.25, 0.3) is 0 Å². The van der Waals surface area contributed by atoms with Gasteiger partial charge in [-0.25, -0.2) is 4.39 Å². The van der Waals surface area contributed by atoms with E-state index in [1.54, 1.807) is 18.3 Å². The molecule has 4 rings (SSSR count). The lowest BCUT2D eigenvalue weighted by Gasteiger charge is -2.32. The van der Waals surface area contributed by atoms with E-state index < -0.39 is 0 Å². The number of rotatable bonds is 8. The molecule has 1 heterocycles. The van der Waals surface area contributed by atoms with E-state index in [4.69, 9.17) is 0 Å². The zero-order valence-corrected chi connectivity index (χ0v) is 14.6. The third-order valence-electron chi connectivity index (χ3n) is 6.11. The molecular weight excluding hydrogens is 315 g/mol. The molecule has 2 saturated carbocycles. The molecule has 2 aliphatic carbocycles. The molecule has 1 aromatic heterocycles. The molecule has 0 radical (unpaired) electrons. The van der Waals surface area contributed by atoms with Crippen molar-refractivity contribution in [2.45, 2.75) is 51.1 Å². The molecule has 5 heteroatoms. The van der Waals surface area contributed by atoms with Crippen LogP contribution in [-0.4, -0.2) is 21.5 Å². The summed E-state index contributed by atoms with van der Waals surface area (Å²) >= 11 is 0. The number of aromatic nitrogens is 3. The fourth-order valence-electron chi connectivity index (χ4n) is 4.93. The van der Waals surface area contributed by atoms with Gasteiger partial charge in [-0.1, -0.05) is 29.8 Å². The molecule has 134 valence electrons. The van der Waals surface area contributed by atoms with Gasteiger partial charge >= 0.3 is 0 Å². The Bertz CT molecular complexity index is 672. The van der Waals surface area contributed by atoms with Gasteiger partial charge in [0.25, 0.3) is 0 Å². The van der Waals surface area contributed by atoms with Crippen LogP contribution in [0.4, 0.5) is 4.39 Å². The van der Waals surface area contributed by atoms with Crippen LogP contribution in [0.3, 0.4) is 0 Å². The van der Waals surface area contributed by atoms with Crippen molar-refractivity contribution in [2.75, 3.05) is 6.54 Å². The maximum absolute atomic E-state index is 14.4. The summed E-state index contributed by atoms with van der Waals surface area (Å²) in [5, 5.41) is 11.5. The van der Waals surface area contributed by atoms with E-state index >= 15 is 0 Å². The van der Waals surface area contributed by atoms with Crippen LogP contribution in [0.1, 0.15) is 50.1 Å². The molecular formula is C20H27FN4. The van der Waals surface area contributed by atoms with Crippen molar-refractivity contribution in [3.63, 3.8) is 0 Å². The molecule has 0 saturated heterocycles. The second-order valence-corrected chi connectivity index (χ2v) is 7.67. The third-order valence-corrected chi connectivity index (χ3v) is 6.11. The Balaban J connectivity index is 1.37. The lowest BCUT2D eigenvalue weighted by Crippen LogP contribution is -2.33. The summed E-state index contributed by atoms with van der Waals surface area (Å²) in [6.07, 6.45) is 11.0. The Labute approximate surface area is 148 Å². The molecule has 0 unspecified atom stereocenters. The molecule has 25 heavy (non-hydrogen) atoms. The number of fused-ring (bicyclic) bond motifs is 2. The highest BCUT2D eigenvalue weighted by Gasteiger charge is 2.43. The van der Waals surface area contributed by atoms with Crippen molar-refractivity contribution >= 4 is 0 Å². The number of hydrogen-bond acceptors (Lipinski definition) is 3. The van der Waals surface area contributed by atoms with Crippen LogP contribution in [-0.2, 0) is 6.54 Å². The van der Waals surface area contributed by atoms with Gasteiger partial charge in [-0.15, -0.1) is 5.10 Å². The van der Waals surface area contributed by atoms with Gasteiger partial charge in [0.15, 0.2) is 0 Å². The van der Waals surface area contributed by atoms with Crippen molar-refractivity contribution in [3.8, 4) is 0 Å². The lowest BCUT2D eigenvalue weighted by molar-refractivity contribution is 0.245. The monoisotopic (exact) mass is 342 g/mol. The zero-order valence-electron chi connectivity index (χ0n) is 14.6. The van der Waals surface area contributed by atoms with Crippen LogP contribution < -0.4 is 5.32 Å². The predicted molar refractivity (Wildman–Crippen MR) is 95.3 cm³/mol. The second kappa shape index (κ2) is 7.65. The molecule has 1 aromatic carbocycles. The number of nitrogens with zero attached hydrogens (tertiary/aromatic N) is 3. The fraction of sp³-hybridized carbons (Fsp3) is 0.600. The van der Waals surface area contributed by atoms with Crippen molar-refractivity contribution in [1.29, 1.82) is 0 Å². The molecule has 0 amide bonds. The molecule has 4 atom stereocenters. The third kappa shape index (κ3) is 3.76. The average Bonchev–Trinajstić information content (AvgIpc) is 3.37. The Morgan fingerprint density at radius 2 is 2.12 bits per heavy atom. The quantitative estimate of drug-likeness (QED) is 0.738. The molecule has 2 fully saturated rings. The number of aryl methyl sites for hydroxylation is 1. The van der Waals surface area contributed by atoms with Crippen LogP contribution in [0.5, 0.6) is 0 Å². The van der Waals surface area contributed by atoms with Gasteiger partial charge in [0, 0.05) is 24.3 Å². The van der Waals surface area contributed by atoms with Gasteiger partial charge in [-0.3, -0.25) is 4.68 Å². The first-order chi connectivity index (χ1) is 12.3. The highest BCUT2D eigenvalue weighted by molar-refractivity contribution is 5.23. The van der Waals surface area contributed by atoms with Crippen LogP contribution in [0.15, 0.2) is 36.7 Å². The van der Waals surface area contributed by atoms with Gasteiger partial charge in [0.1, 0.15) is 5.82 Å². The van der Waals surface area contributed by atoms with E-state index in [0.717, 1.165) is 43.3 Å². The maximum Gasteiger partial charge on any atom is 0.127 e. The maximum atomic E-state index is 14.4. The van der Waals surface area contributed by atoms with E-state index in [9.17, 15) is 4.39 Å². The van der Waals surface area contributed by atoms with Crippen LogP contribution >= 0.6 is 0 Å². The number of benzene rings is 1. The van der Waals surface area contributed by atoms with Crippen LogP contribution in [0.2, 0.25) is 0 Å². The van der Waals surface area contributed by atoms with Gasteiger partial charge in [-0.2, -0.15) is 0 Å². The molecule has 2 aliphatic rings. The summed E-state index contributed by atoms with van der Waals surface area (Å²) < 4.78 is 16.3. The Morgan fingerprint density at radius 3 is 2.84 bits per heavy atom. The Morgan fingerprint density at radius 1 is 1.20 bits per heavy atom. The number of halogens is 1. The van der Waals surface area contributed by atoms with Crippen molar-refractivity contribution in [3.05, 3.63) is 48.0 Å². The van der Waals surface area contributed by atoms with Gasteiger partial charge in [0.2, 0.25) is 0 Å². The van der Waals surface area contributed by atoms with E-state index in [0.29, 0.717) is 5.92 Å². The van der Waals surface area contributed by atoms with E-state index in [1.807, 2.05) is 23.0 Å². The first-order valence-electron chi connectivity index (χ1n) is 9.63. The summed E-state index contributed by atoms with van der Waals surface area (Å²) in [5.74, 6) is 2.17. The molecule has 2 aromatic rings. The highest BCUT2D eigenvalue weighted by atomic mass is 19.1. The van der Waals surface area contributed by atoms with Crippen molar-refractivity contribution in [1.82, 2.24) is 20.3 Å². The largest absolute Gasteiger partial charge is 0.310 e. The summed E-state index contributed by atoms with van der Waals surface area (Å²) in [6.45, 7) is 1.81. The normalized spacial score (nSPS) is 26.2. The van der Waals surface area contributed by atoms with Crippen molar-refractivity contribution in [2.24, 2.45) is 17.8 Å². The lowest BCUT2D eigenvalue weighted by atomic mass is 9.80. The average molecular weight is 342 g/mol. The van der Waals surface area contributed by atoms with Gasteiger partial charge in [-0.05, 0) is 62.5 Å². The SMILES string of the molecule is Fc1ccccc1[C@H](NCCCCn1ccnn1)[C@@H]1C[C@H]2CC[C@H]1C2. The second-order valence-electron chi connectivity index (χ2n) is 7.67. The smallest absolute Gasteiger partial charge is 0.127 e. The number of nitrogens with one attached hydrogen (secondary N) is 1. The minimum Gasteiger partial charge on any atom is -0.310 e. The molecule has 0 aliphatic heterocycles. The molecule has 1 N–H and O–H groups in total. The van der Waals surface area contributed by atoms with E-state index in [1.165, 1.54) is 25.7 Å². The summed E-state index contributed by atoms with van der Waals surface area (Å²) in [5.41, 5.74) is 0.858. The summed E-state index contributed by atoms with van der Waals surface area (Å²) in [4.78, 5) is 0. The number of unbranched alkanes of at least 4 members (excludes halogenated alkanes) is 1. The van der Waals surface area contributed by atoms with Gasteiger partial charge in [0.05, 0.1) is 6.20 Å². The van der Waals surface area contributed by atoms with Crippen LogP contribution in [0, 0.1) is 23.6 Å². The van der Waals surface area contributed by atoms with E-state index in [2.05, 4.69) is 15.6 Å². The highest BCUT2D eigenvalue weighted by Crippen LogP contribution is 2.52. The fourth-order valence-corrected chi connectivity index (χ4v) is 4.93. The molecule has 2 bridgehead atoms. The minimum absolute atomic E-state index is 0.0645. The van der Waals surface area contributed by atoms with E-state index in [-0.39, 0.29) is 11.9 Å². The van der Waals surface area contributed by atoms with Gasteiger partial charge < -0.3 is 5.32 Å². The standard InChI is InChI=1S/C20H27FN4/c21-19-6-2-1-5-17(19)20(18-14-15-7-8-16(18)13-15)22-9-3-4-11-25-12-10-23-24-25/h1-2,5-6,10,12,15-16,18,20,22H,3-4,7-9,11,13-14H2/t15-,16-,18+,20-/m0/s1. The summed E-state index contributed by atoms with van der Waals surface area (Å²) in [7, 11) is 0. The van der Waals surface area contributed by atoms with Crippen molar-refractivity contribution < 1.29 is 4.39 Å².